The second-order valence-electron chi connectivity index (χ2n) is 6.98. The van der Waals surface area contributed by atoms with Crippen molar-refractivity contribution in [2.75, 3.05) is 27.9 Å². The van der Waals surface area contributed by atoms with Gasteiger partial charge in [-0.2, -0.15) is 0 Å². The number of fused-ring (bicyclic) bond motifs is 3. The van der Waals surface area contributed by atoms with E-state index in [1.165, 1.54) is 13.0 Å². The van der Waals surface area contributed by atoms with Crippen LogP contribution in [0.3, 0.4) is 0 Å². The third-order valence-electron chi connectivity index (χ3n) is 5.18. The van der Waals surface area contributed by atoms with Crippen LogP contribution < -0.4 is 29.7 Å². The lowest BCUT2D eigenvalue weighted by molar-refractivity contribution is -0.119. The summed E-state index contributed by atoms with van der Waals surface area (Å²) >= 11 is 0. The summed E-state index contributed by atoms with van der Waals surface area (Å²) in [5.74, 6) is 1.66. The van der Waals surface area contributed by atoms with Crippen molar-refractivity contribution < 1.29 is 23.7 Å². The van der Waals surface area contributed by atoms with Gasteiger partial charge in [-0.1, -0.05) is 0 Å². The first-order chi connectivity index (χ1) is 14.4. The van der Waals surface area contributed by atoms with Crippen LogP contribution in [0.4, 0.5) is 0 Å². The van der Waals surface area contributed by atoms with Gasteiger partial charge in [-0.3, -0.25) is 9.59 Å². The fourth-order valence-corrected chi connectivity index (χ4v) is 3.96. The van der Waals surface area contributed by atoms with Gasteiger partial charge in [0.25, 0.3) is 0 Å². The zero-order chi connectivity index (χ0) is 21.8. The summed E-state index contributed by atoms with van der Waals surface area (Å²) in [5, 5.41) is 3.01. The Morgan fingerprint density at radius 3 is 2.40 bits per heavy atom. The predicted molar refractivity (Wildman–Crippen MR) is 114 cm³/mol. The molecule has 0 fully saturated rings. The first-order valence-electron chi connectivity index (χ1n) is 9.85. The maximum absolute atomic E-state index is 12.6. The van der Waals surface area contributed by atoms with Gasteiger partial charge in [-0.25, -0.2) is 0 Å². The molecule has 0 bridgehead atoms. The highest BCUT2D eigenvalue weighted by Gasteiger charge is 2.29. The van der Waals surface area contributed by atoms with Gasteiger partial charge in [-0.05, 0) is 60.7 Å². The number of methoxy groups -OCH3 is 3. The largest absolute Gasteiger partial charge is 0.493 e. The van der Waals surface area contributed by atoms with Crippen LogP contribution in [0.25, 0.3) is 11.1 Å². The molecule has 3 rings (SSSR count). The molecule has 160 valence electrons. The van der Waals surface area contributed by atoms with Crippen LogP contribution in [0, 0.1) is 0 Å². The van der Waals surface area contributed by atoms with E-state index in [0.29, 0.717) is 36.7 Å². The number of nitrogens with one attached hydrogen (secondary N) is 1. The van der Waals surface area contributed by atoms with Crippen LogP contribution in [0.5, 0.6) is 23.0 Å². The van der Waals surface area contributed by atoms with Crippen LogP contribution >= 0.6 is 0 Å². The molecule has 30 heavy (non-hydrogen) atoms. The van der Waals surface area contributed by atoms with Gasteiger partial charge in [0.15, 0.2) is 17.2 Å². The van der Waals surface area contributed by atoms with Gasteiger partial charge >= 0.3 is 0 Å². The van der Waals surface area contributed by atoms with Crippen molar-refractivity contribution in [1.82, 2.24) is 5.32 Å². The van der Waals surface area contributed by atoms with Gasteiger partial charge in [-0.15, -0.1) is 0 Å². The number of carbonyl (C=O) groups is 1. The number of hydrogen-bond donors (Lipinski definition) is 1. The van der Waals surface area contributed by atoms with Gasteiger partial charge in [0.05, 0.1) is 34.0 Å². The molecule has 2 aromatic carbocycles. The molecule has 7 nitrogen and oxygen atoms in total. The normalized spacial score (nSPS) is 14.6. The van der Waals surface area contributed by atoms with Crippen molar-refractivity contribution in [3.63, 3.8) is 0 Å². The molecular formula is C23H27NO6. The average molecular weight is 413 g/mol. The van der Waals surface area contributed by atoms with Gasteiger partial charge < -0.3 is 24.3 Å². The highest BCUT2D eigenvalue weighted by molar-refractivity contribution is 5.83. The van der Waals surface area contributed by atoms with E-state index < -0.39 is 0 Å². The Labute approximate surface area is 175 Å². The molecule has 2 aromatic rings. The maximum atomic E-state index is 12.6. The van der Waals surface area contributed by atoms with Gasteiger partial charge in [0.1, 0.15) is 0 Å². The first kappa shape index (κ1) is 21.5. The van der Waals surface area contributed by atoms with Crippen molar-refractivity contribution in [3.8, 4) is 34.1 Å². The minimum atomic E-state index is -0.294. The fraction of sp³-hybridized carbons (Fsp3) is 0.391. The number of ether oxygens (including phenoxy) is 4. The zero-order valence-corrected chi connectivity index (χ0v) is 18.0. The Hall–Kier alpha value is -3.22. The lowest BCUT2D eigenvalue weighted by atomic mass is 9.95. The number of hydrogen-bond acceptors (Lipinski definition) is 6. The summed E-state index contributed by atoms with van der Waals surface area (Å²) in [4.78, 5) is 24.5. The minimum absolute atomic E-state index is 0.147. The predicted octanol–water partition coefficient (Wildman–Crippen LogP) is 3.26. The van der Waals surface area contributed by atoms with E-state index in [1.807, 2.05) is 13.0 Å². The van der Waals surface area contributed by atoms with Crippen LogP contribution in [0.2, 0.25) is 0 Å². The number of benzene rings is 1. The molecule has 0 spiro atoms. The summed E-state index contributed by atoms with van der Waals surface area (Å²) < 4.78 is 22.4. The Morgan fingerprint density at radius 2 is 1.80 bits per heavy atom. The highest BCUT2D eigenvalue weighted by Crippen LogP contribution is 2.50. The molecule has 1 aliphatic carbocycles. The summed E-state index contributed by atoms with van der Waals surface area (Å²) in [6, 6.07) is 6.60. The lowest BCUT2D eigenvalue weighted by Gasteiger charge is -2.20. The van der Waals surface area contributed by atoms with Crippen molar-refractivity contribution in [1.29, 1.82) is 0 Å². The molecule has 1 atom stereocenters. The summed E-state index contributed by atoms with van der Waals surface area (Å²) in [5.41, 5.74) is 3.14. The van der Waals surface area contributed by atoms with Crippen LogP contribution in [0.15, 0.2) is 29.1 Å². The second kappa shape index (κ2) is 9.07. The topological polar surface area (TPSA) is 83.1 Å². The van der Waals surface area contributed by atoms with Crippen molar-refractivity contribution in [2.24, 2.45) is 0 Å². The smallest absolute Gasteiger partial charge is 0.220 e. The maximum Gasteiger partial charge on any atom is 0.220 e. The number of carbonyl (C=O) groups excluding carboxylic acids is 1. The molecule has 0 saturated carbocycles. The van der Waals surface area contributed by atoms with E-state index in [9.17, 15) is 9.59 Å². The summed E-state index contributed by atoms with van der Waals surface area (Å²) in [6.07, 6.45) is 1.31. The molecule has 1 amide bonds. The number of aryl methyl sites for hydroxylation is 1. The van der Waals surface area contributed by atoms with Crippen molar-refractivity contribution in [2.45, 2.75) is 32.7 Å². The van der Waals surface area contributed by atoms with E-state index in [0.717, 1.165) is 22.3 Å². The lowest BCUT2D eigenvalue weighted by Crippen LogP contribution is -2.26. The van der Waals surface area contributed by atoms with Crippen molar-refractivity contribution in [3.05, 3.63) is 45.6 Å². The Bertz CT molecular complexity index is 1020. The van der Waals surface area contributed by atoms with E-state index >= 15 is 0 Å². The first-order valence-corrected chi connectivity index (χ1v) is 9.85. The van der Waals surface area contributed by atoms with E-state index in [2.05, 4.69) is 5.32 Å². The average Bonchev–Trinajstić information content (AvgIpc) is 2.97. The molecule has 1 unspecified atom stereocenters. The second-order valence-corrected chi connectivity index (χ2v) is 6.98. The number of amides is 1. The van der Waals surface area contributed by atoms with E-state index in [1.54, 1.807) is 33.5 Å². The molecule has 1 aliphatic rings. The molecule has 0 aromatic heterocycles. The molecule has 0 saturated heterocycles. The Kier molecular flexibility index (Phi) is 6.50. The monoisotopic (exact) mass is 413 g/mol. The molecular weight excluding hydrogens is 386 g/mol. The Morgan fingerprint density at radius 1 is 1.07 bits per heavy atom. The van der Waals surface area contributed by atoms with Gasteiger partial charge in [0, 0.05) is 12.5 Å². The summed E-state index contributed by atoms with van der Waals surface area (Å²) in [6.45, 7) is 3.67. The zero-order valence-electron chi connectivity index (χ0n) is 18.0. The van der Waals surface area contributed by atoms with Crippen molar-refractivity contribution >= 4 is 5.91 Å². The SMILES string of the molecule is CCOc1cc2c(ccc1=O)-c1c(cc(OC)c(OC)c1OC)CCC2NC(C)=O. The highest BCUT2D eigenvalue weighted by atomic mass is 16.5. The van der Waals surface area contributed by atoms with Gasteiger partial charge in [0.2, 0.25) is 17.1 Å². The number of rotatable bonds is 6. The fourth-order valence-electron chi connectivity index (χ4n) is 3.96. The quantitative estimate of drug-likeness (QED) is 0.783. The van der Waals surface area contributed by atoms with E-state index in [4.69, 9.17) is 18.9 Å². The molecule has 0 radical (unpaired) electrons. The summed E-state index contributed by atoms with van der Waals surface area (Å²) in [7, 11) is 4.70. The molecule has 7 heteroatoms. The molecule has 1 N–H and O–H groups in total. The third-order valence-corrected chi connectivity index (χ3v) is 5.18. The van der Waals surface area contributed by atoms with Crippen LogP contribution in [-0.2, 0) is 11.2 Å². The van der Waals surface area contributed by atoms with Crippen LogP contribution in [0.1, 0.15) is 37.4 Å². The third kappa shape index (κ3) is 3.92. The minimum Gasteiger partial charge on any atom is -0.493 e. The molecule has 0 heterocycles. The van der Waals surface area contributed by atoms with E-state index in [-0.39, 0.29) is 23.1 Å². The van der Waals surface area contributed by atoms with Crippen LogP contribution in [-0.4, -0.2) is 33.8 Å². The standard InChI is InChI=1S/C23H27NO6/c1-6-30-19-12-16-15(8-10-18(19)26)21-14(7-9-17(16)24-13(2)25)11-20(27-3)22(28-4)23(21)29-5/h8,10-12,17H,6-7,9H2,1-5H3,(H,24,25). The molecule has 0 aliphatic heterocycles. The Balaban J connectivity index is 2.40.